The topological polar surface area (TPSA) is 0 Å². The van der Waals surface area contributed by atoms with Crippen LogP contribution < -0.4 is 0 Å². The summed E-state index contributed by atoms with van der Waals surface area (Å²) in [5.74, 6) is 0. The van der Waals surface area contributed by atoms with Gasteiger partial charge in [0.05, 0.1) is 0 Å². The first-order valence-corrected chi connectivity index (χ1v) is 9.79. The maximum absolute atomic E-state index is 2.40. The second-order valence-electron chi connectivity index (χ2n) is 7.79. The van der Waals surface area contributed by atoms with E-state index >= 15 is 0 Å². The summed E-state index contributed by atoms with van der Waals surface area (Å²) in [5.41, 5.74) is 0. The third kappa shape index (κ3) is 1.70. The summed E-state index contributed by atoms with van der Waals surface area (Å²) in [6.45, 7) is 0. The zero-order chi connectivity index (χ0) is 18.2. The molecule has 2 bridgehead atoms. The average Bonchev–Trinajstić information content (AvgIpc) is 2.76. The molecular formula is C28H16. The van der Waals surface area contributed by atoms with Crippen LogP contribution in [0.4, 0.5) is 0 Å². The van der Waals surface area contributed by atoms with Gasteiger partial charge in [-0.2, -0.15) is 0 Å². The van der Waals surface area contributed by atoms with E-state index in [0.29, 0.717) is 0 Å². The summed E-state index contributed by atoms with van der Waals surface area (Å²) in [4.78, 5) is 0. The molecule has 0 saturated heterocycles. The largest absolute Gasteiger partial charge is 0.0616 e. The predicted molar refractivity (Wildman–Crippen MR) is 123 cm³/mol. The van der Waals surface area contributed by atoms with Crippen molar-refractivity contribution in [3.8, 4) is 0 Å². The molecule has 0 fully saturated rings. The van der Waals surface area contributed by atoms with Crippen molar-refractivity contribution in [3.63, 3.8) is 0 Å². The first-order valence-electron chi connectivity index (χ1n) is 9.79. The molecule has 0 nitrogen and oxygen atoms in total. The zero-order valence-corrected chi connectivity index (χ0v) is 15.2. The van der Waals surface area contributed by atoms with E-state index < -0.39 is 0 Å². The third-order valence-corrected chi connectivity index (χ3v) is 6.31. The van der Waals surface area contributed by atoms with Gasteiger partial charge in [-0.1, -0.05) is 72.8 Å². The molecule has 0 atom stereocenters. The predicted octanol–water partition coefficient (Wildman–Crippen LogP) is 8.04. The minimum absolute atomic E-state index is 1.30. The monoisotopic (exact) mass is 352 g/mol. The highest BCUT2D eigenvalue weighted by atomic mass is 14.2. The Morgan fingerprint density at radius 2 is 0.643 bits per heavy atom. The van der Waals surface area contributed by atoms with Crippen LogP contribution in [0.3, 0.4) is 0 Å². The van der Waals surface area contributed by atoms with E-state index in [1.807, 2.05) is 0 Å². The van der Waals surface area contributed by atoms with E-state index in [1.165, 1.54) is 64.6 Å². The first kappa shape index (κ1) is 14.4. The molecule has 0 heteroatoms. The fourth-order valence-electron chi connectivity index (χ4n) is 5.11. The maximum Gasteiger partial charge on any atom is -0.00199 e. The molecule has 0 radical (unpaired) electrons. The highest BCUT2D eigenvalue weighted by Gasteiger charge is 2.17. The molecule has 8 aromatic carbocycles. The fraction of sp³-hybridized carbons (Fsp3) is 0. The SMILES string of the molecule is c1ccc2cc3cc4c(cc3cc2c1)c1c2ccccc2c4c2ccccc21. The lowest BCUT2D eigenvalue weighted by atomic mass is 9.85. The zero-order valence-electron chi connectivity index (χ0n) is 15.2. The van der Waals surface area contributed by atoms with Crippen LogP contribution in [0.2, 0.25) is 0 Å². The van der Waals surface area contributed by atoms with Gasteiger partial charge in [-0.05, 0) is 88.9 Å². The van der Waals surface area contributed by atoms with Gasteiger partial charge in [0.25, 0.3) is 0 Å². The second kappa shape index (κ2) is 4.99. The molecule has 0 aliphatic carbocycles. The summed E-state index contributed by atoms with van der Waals surface area (Å²) in [6, 6.07) is 35.8. The number of benzene rings is 8. The van der Waals surface area contributed by atoms with Gasteiger partial charge in [0, 0.05) is 0 Å². The smallest absolute Gasteiger partial charge is 0.00199 e. The Morgan fingerprint density at radius 3 is 1.04 bits per heavy atom. The van der Waals surface area contributed by atoms with Crippen LogP contribution in [-0.2, 0) is 0 Å². The highest BCUT2D eigenvalue weighted by Crippen LogP contribution is 2.45. The Morgan fingerprint density at radius 1 is 0.286 bits per heavy atom. The van der Waals surface area contributed by atoms with Gasteiger partial charge in [-0.3, -0.25) is 0 Å². The van der Waals surface area contributed by atoms with Crippen LogP contribution in [0, 0.1) is 0 Å². The van der Waals surface area contributed by atoms with Gasteiger partial charge in [0.1, 0.15) is 0 Å². The molecule has 0 aliphatic rings. The average molecular weight is 352 g/mol. The Bertz CT molecular complexity index is 1520. The summed E-state index contributed by atoms with van der Waals surface area (Å²) in [6.07, 6.45) is 0. The third-order valence-electron chi connectivity index (χ3n) is 6.31. The Hall–Kier alpha value is -3.64. The lowest BCUT2D eigenvalue weighted by Gasteiger charge is -2.18. The molecule has 0 unspecified atom stereocenters. The van der Waals surface area contributed by atoms with Crippen LogP contribution in [0.25, 0.3) is 64.6 Å². The summed E-state index contributed by atoms with van der Waals surface area (Å²) < 4.78 is 0. The molecular weight excluding hydrogens is 336 g/mol. The number of rotatable bonds is 0. The quantitative estimate of drug-likeness (QED) is 0.242. The molecule has 0 saturated carbocycles. The summed E-state index contributed by atoms with van der Waals surface area (Å²) in [7, 11) is 0. The van der Waals surface area contributed by atoms with Crippen molar-refractivity contribution >= 4 is 64.6 Å². The summed E-state index contributed by atoms with van der Waals surface area (Å²) in [5, 5.41) is 16.2. The van der Waals surface area contributed by atoms with Gasteiger partial charge < -0.3 is 0 Å². The van der Waals surface area contributed by atoms with Gasteiger partial charge in [0.2, 0.25) is 0 Å². The van der Waals surface area contributed by atoms with E-state index in [2.05, 4.69) is 97.1 Å². The van der Waals surface area contributed by atoms with Crippen molar-refractivity contribution in [2.45, 2.75) is 0 Å². The first-order chi connectivity index (χ1) is 13.9. The van der Waals surface area contributed by atoms with Gasteiger partial charge in [-0.25, -0.2) is 0 Å². The molecule has 0 aromatic heterocycles. The molecule has 128 valence electrons. The number of hydrogen-bond donors (Lipinski definition) is 0. The van der Waals surface area contributed by atoms with Crippen molar-refractivity contribution < 1.29 is 0 Å². The molecule has 8 rings (SSSR count). The lowest BCUT2D eigenvalue weighted by molar-refractivity contribution is 1.78. The molecule has 28 heavy (non-hydrogen) atoms. The number of hydrogen-bond acceptors (Lipinski definition) is 0. The second-order valence-corrected chi connectivity index (χ2v) is 7.79. The minimum Gasteiger partial charge on any atom is -0.0616 e. The number of fused-ring (bicyclic) bond motifs is 2. The Kier molecular flexibility index (Phi) is 2.57. The van der Waals surface area contributed by atoms with Crippen molar-refractivity contribution in [3.05, 3.63) is 97.1 Å². The molecule has 8 aromatic rings. The van der Waals surface area contributed by atoms with Gasteiger partial charge >= 0.3 is 0 Å². The molecule has 0 heterocycles. The van der Waals surface area contributed by atoms with E-state index in [0.717, 1.165) is 0 Å². The van der Waals surface area contributed by atoms with E-state index in [-0.39, 0.29) is 0 Å². The molecule has 0 N–H and O–H groups in total. The normalized spacial score (nSPS) is 12.3. The van der Waals surface area contributed by atoms with Gasteiger partial charge in [0.15, 0.2) is 0 Å². The maximum atomic E-state index is 2.40. The van der Waals surface area contributed by atoms with Crippen molar-refractivity contribution in [2.24, 2.45) is 0 Å². The Labute approximate surface area is 162 Å². The van der Waals surface area contributed by atoms with E-state index in [9.17, 15) is 0 Å². The van der Waals surface area contributed by atoms with Gasteiger partial charge in [-0.15, -0.1) is 0 Å². The highest BCUT2D eigenvalue weighted by molar-refractivity contribution is 6.41. The lowest BCUT2D eigenvalue weighted by Crippen LogP contribution is -1.90. The van der Waals surface area contributed by atoms with Crippen molar-refractivity contribution in [1.29, 1.82) is 0 Å². The van der Waals surface area contributed by atoms with Crippen LogP contribution in [0.15, 0.2) is 97.1 Å². The fourth-order valence-corrected chi connectivity index (χ4v) is 5.11. The molecule has 0 amide bonds. The van der Waals surface area contributed by atoms with E-state index in [1.54, 1.807) is 0 Å². The standard InChI is InChI=1S/C28H16/c1-2-8-18-14-20-16-26-25(15-19(20)13-17(18)7-1)27-21-9-3-5-11-23(21)28(26)24-12-6-4-10-22(24)27/h1-16H. The minimum atomic E-state index is 1.30. The summed E-state index contributed by atoms with van der Waals surface area (Å²) >= 11 is 0. The van der Waals surface area contributed by atoms with E-state index in [4.69, 9.17) is 0 Å². The molecule has 0 spiro atoms. The molecule has 0 aliphatic heterocycles. The van der Waals surface area contributed by atoms with Crippen molar-refractivity contribution in [1.82, 2.24) is 0 Å². The van der Waals surface area contributed by atoms with Crippen LogP contribution >= 0.6 is 0 Å². The Balaban J connectivity index is 1.82. The van der Waals surface area contributed by atoms with Crippen LogP contribution in [0.5, 0.6) is 0 Å². The van der Waals surface area contributed by atoms with Crippen LogP contribution in [-0.4, -0.2) is 0 Å². The van der Waals surface area contributed by atoms with Crippen LogP contribution in [0.1, 0.15) is 0 Å². The van der Waals surface area contributed by atoms with Crippen molar-refractivity contribution in [2.75, 3.05) is 0 Å².